The van der Waals surface area contributed by atoms with Crippen LogP contribution in [0, 0.1) is 0 Å². The Hall–Kier alpha value is -3.70. The maximum Gasteiger partial charge on any atom is 0.273 e. The maximum absolute atomic E-state index is 14.6. The van der Waals surface area contributed by atoms with E-state index in [9.17, 15) is 9.18 Å². The number of amides is 1. The van der Waals surface area contributed by atoms with Gasteiger partial charge in [-0.15, -0.1) is 0 Å². The molecular weight excluding hydrogens is 585 g/mol. The Morgan fingerprint density at radius 3 is 2.91 bits per heavy atom. The lowest BCUT2D eigenvalue weighted by Crippen LogP contribution is -2.43. The molecule has 3 aromatic rings. The fourth-order valence-electron chi connectivity index (χ4n) is 8.70. The summed E-state index contributed by atoms with van der Waals surface area (Å²) in [6, 6.07) is 10.2. The quantitative estimate of drug-likeness (QED) is 0.419. The number of nitrogens with zero attached hydrogens (tertiary/aromatic N) is 6. The van der Waals surface area contributed by atoms with Crippen LogP contribution < -0.4 is 15.4 Å². The number of pyridine rings is 1. The predicted octanol–water partition coefficient (Wildman–Crippen LogP) is 4.23. The molecule has 11 heteroatoms. The Kier molecular flexibility index (Phi) is 7.24. The van der Waals surface area contributed by atoms with Crippen molar-refractivity contribution in [2.24, 2.45) is 0 Å². The second-order valence-corrected chi connectivity index (χ2v) is 14.2. The molecule has 2 N–H and O–H groups in total. The van der Waals surface area contributed by atoms with Gasteiger partial charge in [-0.3, -0.25) is 14.4 Å². The number of aryl methyl sites for hydroxylation is 2. The zero-order valence-corrected chi connectivity index (χ0v) is 26.9. The number of nitrogen functional groups attached to an aromatic ring is 1. The first kappa shape index (κ1) is 29.7. The lowest BCUT2D eigenvalue weighted by Gasteiger charge is -2.43. The number of hydrogen-bond donors (Lipinski definition) is 1. The summed E-state index contributed by atoms with van der Waals surface area (Å²) in [6.45, 7) is 4.46. The van der Waals surface area contributed by atoms with Crippen molar-refractivity contribution >= 4 is 17.3 Å². The Morgan fingerprint density at radius 1 is 1.15 bits per heavy atom. The zero-order chi connectivity index (χ0) is 31.6. The van der Waals surface area contributed by atoms with E-state index in [1.807, 2.05) is 16.8 Å². The molecule has 4 aliphatic heterocycles. The molecule has 6 heterocycles. The van der Waals surface area contributed by atoms with Crippen LogP contribution in [-0.2, 0) is 42.9 Å². The third kappa shape index (κ3) is 5.02. The minimum Gasteiger partial charge on any atom is -0.476 e. The Bertz CT molecular complexity index is 1680. The van der Waals surface area contributed by atoms with E-state index >= 15 is 0 Å². The number of benzene rings is 1. The molecule has 1 aliphatic carbocycles. The number of rotatable bonds is 5. The number of fused-ring (bicyclic) bond motifs is 5. The van der Waals surface area contributed by atoms with Gasteiger partial charge in [0.2, 0.25) is 5.88 Å². The molecule has 3 unspecified atom stereocenters. The number of anilines is 2. The Labute approximate surface area is 269 Å². The highest BCUT2D eigenvalue weighted by Crippen LogP contribution is 2.47. The first-order chi connectivity index (χ1) is 22.2. The van der Waals surface area contributed by atoms with Crippen molar-refractivity contribution < 1.29 is 18.7 Å². The lowest BCUT2D eigenvalue weighted by atomic mass is 9.74. The summed E-state index contributed by atoms with van der Waals surface area (Å²) in [4.78, 5) is 24.1. The molecule has 0 saturated carbocycles. The molecule has 2 saturated heterocycles. The summed E-state index contributed by atoms with van der Waals surface area (Å²) < 4.78 is 30.0. The van der Waals surface area contributed by atoms with Crippen molar-refractivity contribution in [1.82, 2.24) is 24.6 Å². The zero-order valence-electron chi connectivity index (χ0n) is 26.9. The smallest absolute Gasteiger partial charge is 0.273 e. The molecule has 5 aliphatic rings. The third-order valence-corrected chi connectivity index (χ3v) is 11.0. The Morgan fingerprint density at radius 2 is 2.04 bits per heavy atom. The summed E-state index contributed by atoms with van der Waals surface area (Å²) in [5.41, 5.74) is 13.4. The summed E-state index contributed by atoms with van der Waals surface area (Å²) in [5, 5.41) is 4.65. The summed E-state index contributed by atoms with van der Waals surface area (Å²) in [5.74, 6) is 0.484. The molecule has 2 aromatic heterocycles. The van der Waals surface area contributed by atoms with Crippen LogP contribution in [0.15, 0.2) is 30.3 Å². The van der Waals surface area contributed by atoms with Crippen LogP contribution >= 0.6 is 0 Å². The van der Waals surface area contributed by atoms with Gasteiger partial charge in [0, 0.05) is 69.6 Å². The first-order valence-electron chi connectivity index (χ1n) is 16.8. The van der Waals surface area contributed by atoms with E-state index in [-0.39, 0.29) is 11.4 Å². The van der Waals surface area contributed by atoms with Gasteiger partial charge in [0.15, 0.2) is 5.69 Å². The van der Waals surface area contributed by atoms with Gasteiger partial charge in [-0.2, -0.15) is 5.10 Å². The molecule has 1 amide bonds. The van der Waals surface area contributed by atoms with Crippen molar-refractivity contribution in [3.8, 4) is 5.88 Å². The van der Waals surface area contributed by atoms with Gasteiger partial charge in [0.25, 0.3) is 5.91 Å². The number of nitrogens with two attached hydrogens (primary N) is 1. The second kappa shape index (κ2) is 11.2. The van der Waals surface area contributed by atoms with Crippen molar-refractivity contribution in [2.45, 2.75) is 88.4 Å². The van der Waals surface area contributed by atoms with E-state index in [4.69, 9.17) is 20.2 Å². The van der Waals surface area contributed by atoms with Crippen LogP contribution in [0.4, 0.5) is 15.8 Å². The predicted molar refractivity (Wildman–Crippen MR) is 173 cm³/mol. The highest BCUT2D eigenvalue weighted by molar-refractivity contribution is 5.92. The highest BCUT2D eigenvalue weighted by Gasteiger charge is 2.49. The molecule has 2 fully saturated rings. The van der Waals surface area contributed by atoms with Crippen LogP contribution in [0.2, 0.25) is 0 Å². The molecule has 10 nitrogen and oxygen atoms in total. The number of halogens is 1. The van der Waals surface area contributed by atoms with Gasteiger partial charge in [-0.1, -0.05) is 6.07 Å². The highest BCUT2D eigenvalue weighted by atomic mass is 19.1. The molecule has 1 spiro atoms. The minimum absolute atomic E-state index is 0.0982. The summed E-state index contributed by atoms with van der Waals surface area (Å²) in [7, 11) is 3.50. The van der Waals surface area contributed by atoms with E-state index in [2.05, 4.69) is 33.1 Å². The van der Waals surface area contributed by atoms with E-state index in [1.165, 1.54) is 11.1 Å². The average molecular weight is 630 g/mol. The molecular formula is C35H44FN7O3. The summed E-state index contributed by atoms with van der Waals surface area (Å²) in [6.07, 6.45) is 6.22. The second-order valence-electron chi connectivity index (χ2n) is 14.2. The van der Waals surface area contributed by atoms with Crippen molar-refractivity contribution in [3.05, 3.63) is 64.1 Å². The third-order valence-electron chi connectivity index (χ3n) is 11.0. The van der Waals surface area contributed by atoms with Gasteiger partial charge < -0.3 is 25.0 Å². The fourth-order valence-corrected chi connectivity index (χ4v) is 8.70. The van der Waals surface area contributed by atoms with Gasteiger partial charge in [0.05, 0.1) is 35.7 Å². The largest absolute Gasteiger partial charge is 0.476 e. The fraction of sp³-hybridized carbons (Fsp3) is 0.571. The molecule has 46 heavy (non-hydrogen) atoms. The van der Waals surface area contributed by atoms with E-state index < -0.39 is 11.8 Å². The SMILES string of the molecule is CN(C)C(=O)c1cc2n(n1)CCCN(c1cc(OCC34CCCN3CC(F)C4)nc3c1COC1(CCCc4ccc(N)cc41)C3)C2. The topological polar surface area (TPSA) is 102 Å². The van der Waals surface area contributed by atoms with E-state index in [0.717, 1.165) is 86.5 Å². The monoisotopic (exact) mass is 629 g/mol. The van der Waals surface area contributed by atoms with Crippen LogP contribution in [0.3, 0.4) is 0 Å². The van der Waals surface area contributed by atoms with Gasteiger partial charge >= 0.3 is 0 Å². The van der Waals surface area contributed by atoms with Gasteiger partial charge in [-0.25, -0.2) is 9.37 Å². The van der Waals surface area contributed by atoms with Crippen molar-refractivity contribution in [3.63, 3.8) is 0 Å². The van der Waals surface area contributed by atoms with Crippen molar-refractivity contribution in [1.29, 1.82) is 0 Å². The standard InChI is InChI=1S/C35H44FN7O3/c1-40(2)33(44)29-15-26-20-41(11-5-13-43(26)39-29)31-16-32(45-22-34-9-4-12-42(34)19-24(36)17-34)38-30-18-35(46-21-27(30)31)10-3-6-23-7-8-25(37)14-28(23)35/h7-8,14-16,24H,3-6,9-13,17-22,37H2,1-2H3. The van der Waals surface area contributed by atoms with Crippen LogP contribution in [-0.4, -0.2) is 82.5 Å². The number of alkyl halides is 1. The van der Waals surface area contributed by atoms with Gasteiger partial charge in [-0.05, 0) is 74.4 Å². The molecule has 244 valence electrons. The number of carbonyl (C=O) groups is 1. The van der Waals surface area contributed by atoms with Crippen LogP contribution in [0.25, 0.3) is 0 Å². The van der Waals surface area contributed by atoms with E-state index in [0.29, 0.717) is 50.7 Å². The number of hydrogen-bond acceptors (Lipinski definition) is 8. The first-order valence-corrected chi connectivity index (χ1v) is 16.8. The molecule has 0 bridgehead atoms. The van der Waals surface area contributed by atoms with E-state index in [1.54, 1.807) is 19.0 Å². The van der Waals surface area contributed by atoms with Crippen LogP contribution in [0.1, 0.15) is 77.1 Å². The molecule has 3 atom stereocenters. The Balaban J connectivity index is 1.16. The number of carbonyl (C=O) groups excluding carboxylic acids is 1. The lowest BCUT2D eigenvalue weighted by molar-refractivity contribution is -0.0853. The van der Waals surface area contributed by atoms with Gasteiger partial charge in [0.1, 0.15) is 12.8 Å². The number of ether oxygens (including phenoxy) is 2. The molecule has 8 rings (SSSR count). The van der Waals surface area contributed by atoms with Crippen molar-refractivity contribution in [2.75, 3.05) is 51.0 Å². The van der Waals surface area contributed by atoms with Crippen LogP contribution in [0.5, 0.6) is 5.88 Å². The normalized spacial score (nSPS) is 27.1. The average Bonchev–Trinajstić information content (AvgIpc) is 3.66. The minimum atomic E-state index is -0.807. The summed E-state index contributed by atoms with van der Waals surface area (Å²) >= 11 is 0. The number of aromatic nitrogens is 3. The molecule has 1 aromatic carbocycles. The molecule has 0 radical (unpaired) electrons. The maximum atomic E-state index is 14.6.